The molecule has 4 aromatic rings. The van der Waals surface area contributed by atoms with Gasteiger partial charge in [-0.25, -0.2) is 0 Å². The van der Waals surface area contributed by atoms with E-state index in [0.717, 1.165) is 17.0 Å². The summed E-state index contributed by atoms with van der Waals surface area (Å²) in [6.07, 6.45) is 0. The summed E-state index contributed by atoms with van der Waals surface area (Å²) >= 11 is 1.75. The van der Waals surface area contributed by atoms with Crippen LogP contribution in [-0.4, -0.2) is 7.11 Å². The van der Waals surface area contributed by atoms with Gasteiger partial charge in [0.05, 0.1) is 7.11 Å². The first-order valence-corrected chi connectivity index (χ1v) is 7.18. The molecule has 0 fully saturated rings. The van der Waals surface area contributed by atoms with Crippen LogP contribution in [0.15, 0.2) is 48.5 Å². The zero-order valence-electron chi connectivity index (χ0n) is 11.0. The number of methoxy groups -OCH3 is 1. The average Bonchev–Trinajstić information content (AvgIpc) is 2.84. The van der Waals surface area contributed by atoms with Gasteiger partial charge in [0.2, 0.25) is 11.0 Å². The Hall–Kier alpha value is -2.33. The molecule has 0 amide bonds. The van der Waals surface area contributed by atoms with Crippen molar-refractivity contribution < 1.29 is 9.14 Å². The van der Waals surface area contributed by atoms with E-state index in [1.54, 1.807) is 18.4 Å². The molecule has 0 unspecified atom stereocenters. The van der Waals surface area contributed by atoms with Crippen molar-refractivity contribution in [2.75, 3.05) is 12.8 Å². The highest BCUT2D eigenvalue weighted by atomic mass is 32.1. The second-order valence-electron chi connectivity index (χ2n) is 4.76. The maximum atomic E-state index is 5.94. The topological polar surface area (TPSA) is 39.4 Å². The van der Waals surface area contributed by atoms with Gasteiger partial charge in [0.15, 0.2) is 0 Å². The molecule has 0 bridgehead atoms. The number of anilines is 1. The Balaban J connectivity index is 2.22. The molecule has 0 spiro atoms. The summed E-state index contributed by atoms with van der Waals surface area (Å²) in [7, 11) is 1.69. The van der Waals surface area contributed by atoms with Crippen LogP contribution in [0.3, 0.4) is 0 Å². The van der Waals surface area contributed by atoms with Crippen LogP contribution >= 0.6 is 11.3 Å². The van der Waals surface area contributed by atoms with Gasteiger partial charge in [-0.15, -0.1) is 4.40 Å². The molecule has 2 heterocycles. The highest BCUT2D eigenvalue weighted by molar-refractivity contribution is 7.23. The molecule has 0 saturated heterocycles. The van der Waals surface area contributed by atoms with Crippen LogP contribution in [-0.2, 0) is 0 Å². The minimum Gasteiger partial charge on any atom is -0.497 e. The first kappa shape index (κ1) is 11.5. The Bertz CT molecular complexity index is 959. The molecule has 0 aliphatic rings. The summed E-state index contributed by atoms with van der Waals surface area (Å²) in [6.45, 7) is 0. The van der Waals surface area contributed by atoms with Gasteiger partial charge >= 0.3 is 0 Å². The van der Waals surface area contributed by atoms with E-state index in [-0.39, 0.29) is 0 Å². The fraction of sp³-hybridized carbons (Fsp3) is 0.0625. The molecule has 2 aromatic carbocycles. The number of hydrogen-bond donors (Lipinski definition) is 1. The van der Waals surface area contributed by atoms with Crippen molar-refractivity contribution in [3.05, 3.63) is 48.5 Å². The largest absolute Gasteiger partial charge is 0.497 e. The lowest BCUT2D eigenvalue weighted by molar-refractivity contribution is -0.446. The van der Waals surface area contributed by atoms with E-state index in [2.05, 4.69) is 34.7 Å². The molecule has 0 aliphatic heterocycles. The summed E-state index contributed by atoms with van der Waals surface area (Å²) in [5.74, 6) is 0.883. The molecule has 2 aromatic heterocycles. The molecule has 4 heteroatoms. The molecule has 0 radical (unpaired) electrons. The van der Waals surface area contributed by atoms with Gasteiger partial charge in [-0.3, -0.25) is 0 Å². The smallest absolute Gasteiger partial charge is 0.268 e. The number of aromatic nitrogens is 1. The van der Waals surface area contributed by atoms with E-state index in [9.17, 15) is 0 Å². The summed E-state index contributed by atoms with van der Waals surface area (Å²) in [4.78, 5) is 1.20. The standard InChI is InChI=1S/C16H12N2OS/c1-19-12-5-6-13-15(9-12)20-16-7-3-10-2-4-11(17)8-14(10)18(13)16/h2-9,17H,1H3/p+1. The molecule has 0 atom stereocenters. The normalized spacial score (nSPS) is 11.4. The van der Waals surface area contributed by atoms with Crippen molar-refractivity contribution in [1.82, 2.24) is 0 Å². The summed E-state index contributed by atoms with van der Waals surface area (Å²) in [5.41, 5.74) is 9.05. The molecular formula is C16H13N2OS+. The zero-order valence-corrected chi connectivity index (χ0v) is 11.8. The molecule has 0 saturated carbocycles. The Morgan fingerprint density at radius 2 is 1.85 bits per heavy atom. The van der Waals surface area contributed by atoms with E-state index in [1.165, 1.54) is 20.4 Å². The Labute approximate surface area is 119 Å². The highest BCUT2D eigenvalue weighted by Crippen LogP contribution is 2.28. The van der Waals surface area contributed by atoms with Gasteiger partial charge in [-0.1, -0.05) is 11.3 Å². The molecule has 0 aliphatic carbocycles. The minimum atomic E-state index is 0.783. The van der Waals surface area contributed by atoms with Crippen LogP contribution in [0.25, 0.3) is 25.9 Å². The fourth-order valence-electron chi connectivity index (χ4n) is 2.58. The van der Waals surface area contributed by atoms with E-state index < -0.39 is 0 Å². The van der Waals surface area contributed by atoms with Crippen LogP contribution < -0.4 is 14.9 Å². The SMILES string of the molecule is COc1ccc2c(c1)sc1ccc3ccc(N)cc3[n+]12. The summed E-state index contributed by atoms with van der Waals surface area (Å²) in [6, 6.07) is 16.5. The van der Waals surface area contributed by atoms with Crippen molar-refractivity contribution in [1.29, 1.82) is 0 Å². The van der Waals surface area contributed by atoms with Crippen LogP contribution in [0.2, 0.25) is 0 Å². The maximum Gasteiger partial charge on any atom is 0.268 e. The number of fused-ring (bicyclic) bond motifs is 5. The molecule has 4 rings (SSSR count). The molecule has 3 nitrogen and oxygen atoms in total. The number of ether oxygens (including phenoxy) is 1. The van der Waals surface area contributed by atoms with Crippen molar-refractivity contribution in [3.63, 3.8) is 0 Å². The lowest BCUT2D eigenvalue weighted by Gasteiger charge is -1.97. The van der Waals surface area contributed by atoms with Gasteiger partial charge in [0.25, 0.3) is 4.83 Å². The lowest BCUT2D eigenvalue weighted by atomic mass is 10.2. The molecule has 20 heavy (non-hydrogen) atoms. The number of nitrogens with two attached hydrogens (primary N) is 1. The van der Waals surface area contributed by atoms with Gasteiger partial charge < -0.3 is 10.5 Å². The quantitative estimate of drug-likeness (QED) is 0.429. The first-order valence-electron chi connectivity index (χ1n) is 6.37. The van der Waals surface area contributed by atoms with Crippen LogP contribution in [0.4, 0.5) is 5.69 Å². The Morgan fingerprint density at radius 3 is 2.70 bits per heavy atom. The van der Waals surface area contributed by atoms with Crippen LogP contribution in [0.1, 0.15) is 0 Å². The van der Waals surface area contributed by atoms with Crippen molar-refractivity contribution in [2.45, 2.75) is 0 Å². The van der Waals surface area contributed by atoms with Crippen LogP contribution in [0.5, 0.6) is 5.75 Å². The fourth-order valence-corrected chi connectivity index (χ4v) is 3.67. The number of nitrogens with zero attached hydrogens (tertiary/aromatic N) is 1. The van der Waals surface area contributed by atoms with Crippen molar-refractivity contribution in [3.8, 4) is 5.75 Å². The lowest BCUT2D eigenvalue weighted by Crippen LogP contribution is -2.20. The number of hydrogen-bond acceptors (Lipinski definition) is 3. The van der Waals surface area contributed by atoms with E-state index in [4.69, 9.17) is 10.5 Å². The second-order valence-corrected chi connectivity index (χ2v) is 5.82. The number of thiazole rings is 1. The third kappa shape index (κ3) is 1.55. The minimum absolute atomic E-state index is 0.783. The van der Waals surface area contributed by atoms with E-state index in [0.29, 0.717) is 0 Å². The predicted octanol–water partition coefficient (Wildman–Crippen LogP) is 3.38. The monoisotopic (exact) mass is 281 g/mol. The highest BCUT2D eigenvalue weighted by Gasteiger charge is 2.17. The maximum absolute atomic E-state index is 5.94. The van der Waals surface area contributed by atoms with Crippen molar-refractivity contribution >= 4 is 43.0 Å². The number of rotatable bonds is 1. The predicted molar refractivity (Wildman–Crippen MR) is 83.5 cm³/mol. The van der Waals surface area contributed by atoms with Gasteiger partial charge in [0.1, 0.15) is 10.4 Å². The average molecular weight is 281 g/mol. The van der Waals surface area contributed by atoms with Gasteiger partial charge in [-0.2, -0.15) is 0 Å². The first-order chi connectivity index (χ1) is 9.76. The van der Waals surface area contributed by atoms with Gasteiger partial charge in [0, 0.05) is 35.3 Å². The Morgan fingerprint density at radius 1 is 1.00 bits per heavy atom. The third-order valence-corrected chi connectivity index (χ3v) is 4.62. The summed E-state index contributed by atoms with van der Waals surface area (Å²) in [5, 5.41) is 1.19. The second kappa shape index (κ2) is 4.08. The zero-order chi connectivity index (χ0) is 13.7. The number of nitrogen functional groups attached to an aromatic ring is 1. The molecule has 98 valence electrons. The van der Waals surface area contributed by atoms with E-state index >= 15 is 0 Å². The molecular weight excluding hydrogens is 268 g/mol. The van der Waals surface area contributed by atoms with Crippen molar-refractivity contribution in [2.24, 2.45) is 0 Å². The summed E-state index contributed by atoms with van der Waals surface area (Å²) < 4.78 is 8.77. The Kier molecular flexibility index (Phi) is 2.35. The third-order valence-electron chi connectivity index (χ3n) is 3.54. The number of pyridine rings is 1. The number of benzene rings is 2. The van der Waals surface area contributed by atoms with Crippen LogP contribution in [0, 0.1) is 0 Å². The van der Waals surface area contributed by atoms with Gasteiger partial charge in [-0.05, 0) is 24.3 Å². The molecule has 2 N–H and O–H groups in total. The van der Waals surface area contributed by atoms with E-state index in [1.807, 2.05) is 18.2 Å².